The Morgan fingerprint density at radius 1 is 0.958 bits per heavy atom. The molecule has 0 aromatic heterocycles. The molecule has 6 heteroatoms. The van der Waals surface area contributed by atoms with Crippen molar-refractivity contribution >= 4 is 10.1 Å². The molecule has 2 aromatic carbocycles. The minimum absolute atomic E-state index is 0.0101. The van der Waals surface area contributed by atoms with Gasteiger partial charge in [-0.25, -0.2) is 0 Å². The van der Waals surface area contributed by atoms with Crippen molar-refractivity contribution < 1.29 is 17.3 Å². The van der Waals surface area contributed by atoms with Crippen molar-refractivity contribution in [2.45, 2.75) is 31.6 Å². The molecule has 5 nitrogen and oxygen atoms in total. The molecule has 0 spiro atoms. The first-order chi connectivity index (χ1) is 11.2. The van der Waals surface area contributed by atoms with E-state index in [9.17, 15) is 13.2 Å². The molecule has 24 heavy (non-hydrogen) atoms. The lowest BCUT2D eigenvalue weighted by molar-refractivity contribution is 0.408. The molecule has 0 aliphatic carbocycles. The Bertz CT molecular complexity index is 884. The van der Waals surface area contributed by atoms with Gasteiger partial charge in [0.05, 0.1) is 7.11 Å². The van der Waals surface area contributed by atoms with Crippen molar-refractivity contribution in [1.29, 1.82) is 0 Å². The minimum Gasteiger partial charge on any atom is -0.493 e. The van der Waals surface area contributed by atoms with Gasteiger partial charge in [0.25, 0.3) is 5.43 Å². The fourth-order valence-corrected chi connectivity index (χ4v) is 3.01. The zero-order valence-corrected chi connectivity index (χ0v) is 14.9. The van der Waals surface area contributed by atoms with E-state index in [0.29, 0.717) is 0 Å². The van der Waals surface area contributed by atoms with Gasteiger partial charge in [0.2, 0.25) is 0 Å². The Hall–Kier alpha value is -2.34. The minimum atomic E-state index is -4.11. The summed E-state index contributed by atoms with van der Waals surface area (Å²) in [5.74, 6) is -0.164. The predicted molar refractivity (Wildman–Crippen MR) is 92.3 cm³/mol. The van der Waals surface area contributed by atoms with Gasteiger partial charge in [-0.05, 0) is 42.7 Å². The Kier molecular flexibility index (Phi) is 5.29. The maximum Gasteiger partial charge on any atom is 0.339 e. The fourth-order valence-electron chi connectivity index (χ4n) is 2.09. The second-order valence-corrected chi connectivity index (χ2v) is 7.29. The van der Waals surface area contributed by atoms with Crippen LogP contribution >= 0.6 is 0 Å². The SMILES string of the molecule is COc1ccc(C(C)C)cc(OS(=O)(=O)c2ccc(C)cc2)c1=O. The van der Waals surface area contributed by atoms with Gasteiger partial charge in [-0.1, -0.05) is 37.6 Å². The molecule has 2 rings (SSSR count). The maximum atomic E-state index is 12.4. The topological polar surface area (TPSA) is 69.7 Å². The van der Waals surface area contributed by atoms with Crippen LogP contribution in [0.4, 0.5) is 0 Å². The van der Waals surface area contributed by atoms with Gasteiger partial charge in [-0.15, -0.1) is 0 Å². The third-order valence-electron chi connectivity index (χ3n) is 3.57. The van der Waals surface area contributed by atoms with Gasteiger partial charge < -0.3 is 8.92 Å². The Morgan fingerprint density at radius 3 is 2.12 bits per heavy atom. The zero-order valence-electron chi connectivity index (χ0n) is 14.1. The van der Waals surface area contributed by atoms with E-state index in [0.717, 1.165) is 11.1 Å². The lowest BCUT2D eigenvalue weighted by Gasteiger charge is -2.07. The van der Waals surface area contributed by atoms with E-state index >= 15 is 0 Å². The monoisotopic (exact) mass is 348 g/mol. The molecule has 0 atom stereocenters. The number of hydrogen-bond acceptors (Lipinski definition) is 5. The molecular formula is C18H20O5S. The van der Waals surface area contributed by atoms with Crippen LogP contribution in [-0.4, -0.2) is 15.5 Å². The molecule has 0 aliphatic rings. The molecule has 0 aliphatic heterocycles. The summed E-state index contributed by atoms with van der Waals surface area (Å²) >= 11 is 0. The molecule has 0 bridgehead atoms. The van der Waals surface area contributed by atoms with Gasteiger partial charge in [0.15, 0.2) is 11.5 Å². The average Bonchev–Trinajstić information content (AvgIpc) is 2.67. The molecule has 0 N–H and O–H groups in total. The Balaban J connectivity index is 2.55. The second-order valence-electron chi connectivity index (χ2n) is 5.74. The van der Waals surface area contributed by atoms with Crippen LogP contribution in [0.15, 0.2) is 52.2 Å². The Labute approximate surface area is 142 Å². The van der Waals surface area contributed by atoms with E-state index in [2.05, 4.69) is 0 Å². The molecule has 0 radical (unpaired) electrons. The summed E-state index contributed by atoms with van der Waals surface area (Å²) in [6.45, 7) is 5.72. The van der Waals surface area contributed by atoms with E-state index in [1.807, 2.05) is 20.8 Å². The fraction of sp³-hybridized carbons (Fsp3) is 0.278. The summed E-state index contributed by atoms with van der Waals surface area (Å²) < 4.78 is 35.1. The van der Waals surface area contributed by atoms with Crippen LogP contribution in [0, 0.1) is 6.92 Å². The molecule has 0 heterocycles. The van der Waals surface area contributed by atoms with E-state index in [1.165, 1.54) is 31.4 Å². The van der Waals surface area contributed by atoms with Gasteiger partial charge in [0, 0.05) is 0 Å². The highest BCUT2D eigenvalue weighted by molar-refractivity contribution is 7.87. The van der Waals surface area contributed by atoms with Crippen LogP contribution < -0.4 is 14.3 Å². The van der Waals surface area contributed by atoms with E-state index in [4.69, 9.17) is 8.92 Å². The molecule has 0 fully saturated rings. The normalized spacial score (nSPS) is 11.4. The highest BCUT2D eigenvalue weighted by Crippen LogP contribution is 2.22. The third kappa shape index (κ3) is 3.94. The number of ether oxygens (including phenoxy) is 1. The molecule has 2 aromatic rings. The molecular weight excluding hydrogens is 328 g/mol. The number of aryl methyl sites for hydroxylation is 1. The second kappa shape index (κ2) is 7.05. The standard InChI is InChI=1S/C18H20O5S/c1-12(2)14-7-10-16(22-4)18(19)17(11-14)23-24(20,21)15-8-5-13(3)6-9-15/h5-12H,1-4H3. The van der Waals surface area contributed by atoms with E-state index in [1.54, 1.807) is 18.2 Å². The van der Waals surface area contributed by atoms with Crippen LogP contribution in [0.5, 0.6) is 11.5 Å². The predicted octanol–water partition coefficient (Wildman–Crippen LogP) is 3.25. The molecule has 0 saturated carbocycles. The van der Waals surface area contributed by atoms with Crippen molar-refractivity contribution in [2.75, 3.05) is 7.11 Å². The van der Waals surface area contributed by atoms with Crippen LogP contribution in [-0.2, 0) is 10.1 Å². The van der Waals surface area contributed by atoms with Gasteiger partial charge in [-0.3, -0.25) is 4.79 Å². The number of rotatable bonds is 5. The first kappa shape index (κ1) is 18.0. The van der Waals surface area contributed by atoms with Crippen LogP contribution in [0.3, 0.4) is 0 Å². The zero-order chi connectivity index (χ0) is 17.9. The summed E-state index contributed by atoms with van der Waals surface area (Å²) in [5, 5.41) is 0. The lowest BCUT2D eigenvalue weighted by atomic mass is 10.1. The van der Waals surface area contributed by atoms with Crippen LogP contribution in [0.1, 0.15) is 30.9 Å². The first-order valence-electron chi connectivity index (χ1n) is 7.48. The van der Waals surface area contributed by atoms with Gasteiger partial charge >= 0.3 is 10.1 Å². The summed E-state index contributed by atoms with van der Waals surface area (Å²) in [6.07, 6.45) is 0. The first-order valence-corrected chi connectivity index (χ1v) is 8.89. The van der Waals surface area contributed by atoms with Gasteiger partial charge in [0.1, 0.15) is 4.90 Å². The van der Waals surface area contributed by atoms with Crippen molar-refractivity contribution in [3.63, 3.8) is 0 Å². The smallest absolute Gasteiger partial charge is 0.339 e. The van der Waals surface area contributed by atoms with Crippen LogP contribution in [0.2, 0.25) is 0 Å². The van der Waals surface area contributed by atoms with E-state index in [-0.39, 0.29) is 22.3 Å². The van der Waals surface area contributed by atoms with Gasteiger partial charge in [-0.2, -0.15) is 8.42 Å². The third-order valence-corrected chi connectivity index (χ3v) is 4.82. The summed E-state index contributed by atoms with van der Waals surface area (Å²) in [5.41, 5.74) is 1.08. The lowest BCUT2D eigenvalue weighted by Crippen LogP contribution is -2.15. The molecule has 128 valence electrons. The number of benzene rings is 1. The number of methoxy groups -OCH3 is 1. The summed E-state index contributed by atoms with van der Waals surface area (Å²) in [4.78, 5) is 12.4. The number of hydrogen-bond donors (Lipinski definition) is 0. The molecule has 0 amide bonds. The van der Waals surface area contributed by atoms with E-state index < -0.39 is 15.5 Å². The Morgan fingerprint density at radius 2 is 1.58 bits per heavy atom. The molecule has 0 saturated heterocycles. The van der Waals surface area contributed by atoms with Crippen molar-refractivity contribution in [3.8, 4) is 11.5 Å². The highest BCUT2D eigenvalue weighted by Gasteiger charge is 2.20. The maximum absolute atomic E-state index is 12.4. The quantitative estimate of drug-likeness (QED) is 0.776. The molecule has 0 unspecified atom stereocenters. The largest absolute Gasteiger partial charge is 0.493 e. The van der Waals surface area contributed by atoms with Crippen molar-refractivity contribution in [2.24, 2.45) is 0 Å². The van der Waals surface area contributed by atoms with Crippen LogP contribution in [0.25, 0.3) is 0 Å². The van der Waals surface area contributed by atoms with Crippen molar-refractivity contribution in [1.82, 2.24) is 0 Å². The summed E-state index contributed by atoms with van der Waals surface area (Å²) in [6, 6.07) is 10.9. The summed E-state index contributed by atoms with van der Waals surface area (Å²) in [7, 11) is -2.75. The average molecular weight is 348 g/mol. The van der Waals surface area contributed by atoms with Crippen molar-refractivity contribution in [3.05, 3.63) is 63.8 Å². The highest BCUT2D eigenvalue weighted by atomic mass is 32.2.